The number of carbonyl (C=O) groups excluding carboxylic acids is 1. The van der Waals surface area contributed by atoms with Crippen LogP contribution in [0.1, 0.15) is 12.5 Å². The zero-order valence-electron chi connectivity index (χ0n) is 18.3. The van der Waals surface area contributed by atoms with Gasteiger partial charge in [0, 0.05) is 41.4 Å². The maximum Gasteiger partial charge on any atom is 0.413 e. The number of nitrogen functional groups attached to an aromatic ring is 1. The van der Waals surface area contributed by atoms with Gasteiger partial charge < -0.3 is 25.3 Å². The molecule has 0 aliphatic carbocycles. The molecule has 0 spiro atoms. The second-order valence-electron chi connectivity index (χ2n) is 8.28. The number of rotatable bonds is 3. The summed E-state index contributed by atoms with van der Waals surface area (Å²) in [6.07, 6.45) is 2.08. The quantitative estimate of drug-likeness (QED) is 0.513. The normalized spacial score (nSPS) is 19.5. The summed E-state index contributed by atoms with van der Waals surface area (Å²) in [5.74, 6) is 0.333. The Hall–Kier alpha value is -3.66. The summed E-state index contributed by atoms with van der Waals surface area (Å²) >= 11 is 0. The number of fused-ring (bicyclic) bond motifs is 2. The largest absolute Gasteiger partial charge is 0.474 e. The fourth-order valence-corrected chi connectivity index (χ4v) is 4.12. The smallest absolute Gasteiger partial charge is 0.413 e. The van der Waals surface area contributed by atoms with E-state index in [1.807, 2.05) is 13.8 Å². The summed E-state index contributed by atoms with van der Waals surface area (Å²) in [6, 6.07) is 3.30. The van der Waals surface area contributed by atoms with E-state index in [1.165, 1.54) is 6.20 Å². The first-order valence-electron chi connectivity index (χ1n) is 10.7. The highest BCUT2D eigenvalue weighted by Gasteiger charge is 2.28. The molecule has 0 saturated carbocycles. The molecule has 0 bridgehead atoms. The van der Waals surface area contributed by atoms with Gasteiger partial charge in [0.15, 0.2) is 5.82 Å². The van der Waals surface area contributed by atoms with Crippen molar-refractivity contribution in [3.63, 3.8) is 0 Å². The lowest BCUT2D eigenvalue weighted by Crippen LogP contribution is -2.27. The fraction of sp³-hybridized carbons (Fsp3) is 0.348. The monoisotopic (exact) mass is 453 g/mol. The highest BCUT2D eigenvalue weighted by molar-refractivity contribution is 5.99. The van der Waals surface area contributed by atoms with E-state index in [9.17, 15) is 4.79 Å². The molecule has 2 aromatic heterocycles. The van der Waals surface area contributed by atoms with Crippen LogP contribution >= 0.6 is 0 Å². The van der Waals surface area contributed by atoms with Gasteiger partial charge >= 0.3 is 6.09 Å². The first kappa shape index (κ1) is 21.2. The number of ether oxygens (including phenoxy) is 3. The lowest BCUT2D eigenvalue weighted by Gasteiger charge is -2.22. The summed E-state index contributed by atoms with van der Waals surface area (Å²) in [5, 5.41) is 6.94. The van der Waals surface area contributed by atoms with E-state index >= 15 is 4.39 Å². The Kier molecular flexibility index (Phi) is 5.37. The Labute approximate surface area is 189 Å². The number of halogens is 1. The number of pyridine rings is 2. The number of nitrogens with zero attached hydrogens (tertiary/aromatic N) is 2. The van der Waals surface area contributed by atoms with Crippen LogP contribution in [0.4, 0.5) is 26.4 Å². The van der Waals surface area contributed by atoms with E-state index in [2.05, 4.69) is 20.6 Å². The minimum atomic E-state index is -0.625. The Bertz CT molecular complexity index is 1250. The van der Waals surface area contributed by atoms with Crippen LogP contribution in [0.3, 0.4) is 0 Å². The van der Waals surface area contributed by atoms with Gasteiger partial charge in [0.1, 0.15) is 24.2 Å². The van der Waals surface area contributed by atoms with Gasteiger partial charge in [-0.15, -0.1) is 0 Å². The van der Waals surface area contributed by atoms with Crippen molar-refractivity contribution in [3.8, 4) is 17.0 Å². The molecule has 3 aromatic rings. The number of benzene rings is 1. The summed E-state index contributed by atoms with van der Waals surface area (Å²) in [4.78, 5) is 20.8. The van der Waals surface area contributed by atoms with Crippen molar-refractivity contribution in [2.24, 2.45) is 5.92 Å². The molecule has 5 rings (SSSR count). The molecule has 1 aromatic carbocycles. The number of hydrogen-bond donors (Lipinski definition) is 3. The maximum atomic E-state index is 15.3. The van der Waals surface area contributed by atoms with Crippen LogP contribution in [0.15, 0.2) is 24.5 Å². The second-order valence-corrected chi connectivity index (χ2v) is 8.28. The van der Waals surface area contributed by atoms with Crippen molar-refractivity contribution in [2.75, 3.05) is 42.7 Å². The minimum Gasteiger partial charge on any atom is -0.474 e. The molecular formula is C23H24FN5O4. The summed E-state index contributed by atoms with van der Waals surface area (Å²) in [7, 11) is 0. The van der Waals surface area contributed by atoms with Crippen molar-refractivity contribution < 1.29 is 23.4 Å². The highest BCUT2D eigenvalue weighted by atomic mass is 19.1. The van der Waals surface area contributed by atoms with Crippen LogP contribution in [0.25, 0.3) is 21.9 Å². The van der Waals surface area contributed by atoms with Crippen molar-refractivity contribution in [3.05, 3.63) is 35.9 Å². The van der Waals surface area contributed by atoms with Crippen LogP contribution < -0.4 is 21.1 Å². The zero-order chi connectivity index (χ0) is 23.1. The highest BCUT2D eigenvalue weighted by Crippen LogP contribution is 2.39. The first-order chi connectivity index (χ1) is 15.9. The van der Waals surface area contributed by atoms with E-state index < -0.39 is 11.9 Å². The molecule has 4 heterocycles. The Morgan fingerprint density at radius 3 is 2.91 bits per heavy atom. The number of hydrogen-bond acceptors (Lipinski definition) is 8. The lowest BCUT2D eigenvalue weighted by molar-refractivity contribution is 0.0843. The van der Waals surface area contributed by atoms with Crippen molar-refractivity contribution in [1.82, 2.24) is 9.97 Å². The summed E-state index contributed by atoms with van der Waals surface area (Å²) in [6.45, 7) is 5.92. The summed E-state index contributed by atoms with van der Waals surface area (Å²) in [5.41, 5.74) is 8.54. The van der Waals surface area contributed by atoms with Gasteiger partial charge in [-0.1, -0.05) is 6.92 Å². The molecule has 1 saturated heterocycles. The first-order valence-corrected chi connectivity index (χ1v) is 10.7. The van der Waals surface area contributed by atoms with Crippen molar-refractivity contribution >= 4 is 34.1 Å². The molecule has 10 heteroatoms. The number of amides is 1. The number of nitrogens with one attached hydrogen (secondary N) is 2. The lowest BCUT2D eigenvalue weighted by atomic mass is 9.97. The molecule has 0 radical (unpaired) electrons. The van der Waals surface area contributed by atoms with Crippen molar-refractivity contribution in [2.45, 2.75) is 20.0 Å². The number of nitrogens with two attached hydrogens (primary N) is 1. The van der Waals surface area contributed by atoms with E-state index in [4.69, 9.17) is 19.9 Å². The van der Waals surface area contributed by atoms with E-state index in [-0.39, 0.29) is 23.5 Å². The molecule has 2 aliphatic heterocycles. The molecule has 172 valence electrons. The van der Waals surface area contributed by atoms with Crippen LogP contribution in [0.5, 0.6) is 5.88 Å². The van der Waals surface area contributed by atoms with E-state index in [1.54, 1.807) is 18.3 Å². The van der Waals surface area contributed by atoms with Crippen LogP contribution in [-0.4, -0.2) is 48.5 Å². The third kappa shape index (κ3) is 3.86. The molecule has 1 fully saturated rings. The second kappa shape index (κ2) is 8.36. The predicted molar refractivity (Wildman–Crippen MR) is 122 cm³/mol. The molecule has 2 atom stereocenters. The van der Waals surface area contributed by atoms with Crippen LogP contribution in [0.2, 0.25) is 0 Å². The average Bonchev–Trinajstić information content (AvgIpc) is 3.21. The molecule has 4 N–H and O–H groups in total. The number of carbonyl (C=O) groups is 1. The van der Waals surface area contributed by atoms with Gasteiger partial charge in [-0.2, -0.15) is 0 Å². The Balaban J connectivity index is 1.48. The standard InChI is InChI=1S/C23H24FN5O4/c1-11-9-31-10-17(11)33-23(30)29-18-6-13-5-14(19(24)20(25)16(13)8-27-18)15-7-28-22-21(12(15)2)26-3-4-32-22/h5-8,11,17,26H,3-4,9-10,25H2,1-2H3,(H,27,29,30)/t11-,17+/m0/s1. The molecular weight excluding hydrogens is 429 g/mol. The third-order valence-corrected chi connectivity index (χ3v) is 6.02. The van der Waals surface area contributed by atoms with Gasteiger partial charge in [-0.25, -0.2) is 19.2 Å². The van der Waals surface area contributed by atoms with Gasteiger partial charge in [-0.3, -0.25) is 5.32 Å². The average molecular weight is 453 g/mol. The number of anilines is 3. The predicted octanol–water partition coefficient (Wildman–Crippen LogP) is 3.71. The summed E-state index contributed by atoms with van der Waals surface area (Å²) < 4.78 is 31.6. The maximum absolute atomic E-state index is 15.3. The van der Waals surface area contributed by atoms with Gasteiger partial charge in [0.2, 0.25) is 5.88 Å². The number of aromatic nitrogens is 2. The Morgan fingerprint density at radius 1 is 1.27 bits per heavy atom. The molecule has 0 unspecified atom stereocenters. The fourth-order valence-electron chi connectivity index (χ4n) is 4.12. The van der Waals surface area contributed by atoms with Gasteiger partial charge in [0.25, 0.3) is 0 Å². The van der Waals surface area contributed by atoms with Gasteiger partial charge in [-0.05, 0) is 30.0 Å². The van der Waals surface area contributed by atoms with E-state index in [0.717, 1.165) is 11.3 Å². The topological polar surface area (TPSA) is 121 Å². The van der Waals surface area contributed by atoms with E-state index in [0.29, 0.717) is 54.1 Å². The zero-order valence-corrected chi connectivity index (χ0v) is 18.3. The SMILES string of the molecule is Cc1c(-c2cc3cc(NC(=O)O[C@@H]4COC[C@@H]4C)ncc3c(N)c2F)cnc2c1NCCO2. The van der Waals surface area contributed by atoms with Gasteiger partial charge in [0.05, 0.1) is 18.9 Å². The third-order valence-electron chi connectivity index (χ3n) is 6.02. The van der Waals surface area contributed by atoms with Crippen molar-refractivity contribution in [1.29, 1.82) is 0 Å². The molecule has 9 nitrogen and oxygen atoms in total. The molecule has 1 amide bonds. The van der Waals surface area contributed by atoms with Crippen LogP contribution in [-0.2, 0) is 9.47 Å². The minimum absolute atomic E-state index is 0.0256. The molecule has 33 heavy (non-hydrogen) atoms. The molecule has 2 aliphatic rings. The Morgan fingerprint density at radius 2 is 2.12 bits per heavy atom. The van der Waals surface area contributed by atoms with Crippen LogP contribution in [0, 0.1) is 18.7 Å².